The van der Waals surface area contributed by atoms with Gasteiger partial charge in [-0.2, -0.15) is 0 Å². The molecule has 2 atom stereocenters. The van der Waals surface area contributed by atoms with Crippen molar-refractivity contribution in [3.63, 3.8) is 0 Å². The van der Waals surface area contributed by atoms with Crippen LogP contribution in [0, 0.1) is 0 Å². The molecule has 0 N–H and O–H groups in total. The number of likely N-dealkylation sites (tertiary alicyclic amines) is 2. The van der Waals surface area contributed by atoms with Crippen molar-refractivity contribution >= 4 is 41.0 Å². The van der Waals surface area contributed by atoms with Crippen LogP contribution in [0.1, 0.15) is 60.3 Å². The average molecular weight is 529 g/mol. The monoisotopic (exact) mass is 528 g/mol. The van der Waals surface area contributed by atoms with E-state index in [2.05, 4.69) is 46.8 Å². The third-order valence-corrected chi connectivity index (χ3v) is 8.91. The third-order valence-electron chi connectivity index (χ3n) is 7.57. The highest BCUT2D eigenvalue weighted by Crippen LogP contribution is 2.49. The lowest BCUT2D eigenvalue weighted by Crippen LogP contribution is -2.58. The van der Waals surface area contributed by atoms with Crippen LogP contribution in [0.5, 0.6) is 0 Å². The minimum atomic E-state index is -0.467. The van der Waals surface area contributed by atoms with E-state index in [4.69, 9.17) is 16.3 Å². The summed E-state index contributed by atoms with van der Waals surface area (Å²) in [6.45, 7) is 13.9. The standard InChI is InChI=1S/C28H37ClN4O2S/c1-26(2,3)35-25(34)33-19-27(4)17-28(33,5)18-31(27)14-7-6-8-15-32-21-16-20(29)11-12-22(21)36-23-10-9-13-30-24(23)32/h9-13,16H,6-8,14-15,17-19H2,1-5H3/t27-,28-/m0/s1. The maximum absolute atomic E-state index is 12.8. The predicted molar refractivity (Wildman–Crippen MR) is 147 cm³/mol. The molecule has 5 rings (SSSR count). The van der Waals surface area contributed by atoms with Crippen molar-refractivity contribution in [3.05, 3.63) is 41.6 Å². The van der Waals surface area contributed by atoms with Crippen LogP contribution in [0.2, 0.25) is 5.02 Å². The Kier molecular flexibility index (Phi) is 6.71. The number of benzene rings is 1. The molecule has 0 saturated carbocycles. The van der Waals surface area contributed by atoms with Crippen LogP contribution in [0.15, 0.2) is 46.3 Å². The zero-order chi connectivity index (χ0) is 25.7. The highest BCUT2D eigenvalue weighted by Gasteiger charge is 2.60. The molecule has 6 nitrogen and oxygen atoms in total. The van der Waals surface area contributed by atoms with Gasteiger partial charge in [-0.05, 0) is 90.8 Å². The Morgan fingerprint density at radius 1 is 1.08 bits per heavy atom. The summed E-state index contributed by atoms with van der Waals surface area (Å²) in [5, 5.41) is 0.755. The molecule has 1 amide bonds. The summed E-state index contributed by atoms with van der Waals surface area (Å²) in [6.07, 6.45) is 6.05. The largest absolute Gasteiger partial charge is 0.444 e. The third kappa shape index (κ3) is 4.94. The molecule has 3 aliphatic heterocycles. The minimum absolute atomic E-state index is 0.0221. The van der Waals surface area contributed by atoms with Gasteiger partial charge in [0.2, 0.25) is 0 Å². The van der Waals surface area contributed by atoms with Gasteiger partial charge in [-0.3, -0.25) is 9.80 Å². The van der Waals surface area contributed by atoms with Gasteiger partial charge in [-0.15, -0.1) is 0 Å². The van der Waals surface area contributed by atoms with E-state index < -0.39 is 5.60 Å². The second-order valence-corrected chi connectivity index (χ2v) is 13.4. The topological polar surface area (TPSA) is 48.9 Å². The molecule has 3 aliphatic rings. The second kappa shape index (κ2) is 9.41. The molecular formula is C28H37ClN4O2S. The van der Waals surface area contributed by atoms with Crippen molar-refractivity contribution in [3.8, 4) is 0 Å². The number of aromatic nitrogens is 1. The van der Waals surface area contributed by atoms with Gasteiger partial charge in [0.1, 0.15) is 11.4 Å². The Bertz CT molecular complexity index is 1150. The van der Waals surface area contributed by atoms with E-state index in [9.17, 15) is 4.79 Å². The first-order valence-corrected chi connectivity index (χ1v) is 14.1. The van der Waals surface area contributed by atoms with Gasteiger partial charge in [0.25, 0.3) is 0 Å². The van der Waals surface area contributed by atoms with Crippen molar-refractivity contribution in [2.24, 2.45) is 0 Å². The summed E-state index contributed by atoms with van der Waals surface area (Å²) >= 11 is 8.11. The number of piperazine rings is 1. The number of ether oxygens (including phenoxy) is 1. The number of hydrogen-bond donors (Lipinski definition) is 0. The molecule has 0 spiro atoms. The normalized spacial score (nSPS) is 25.2. The fourth-order valence-corrected chi connectivity index (χ4v) is 7.28. The van der Waals surface area contributed by atoms with E-state index in [0.717, 1.165) is 68.4 Å². The first-order chi connectivity index (χ1) is 17.0. The highest BCUT2D eigenvalue weighted by molar-refractivity contribution is 7.99. The molecule has 8 heteroatoms. The Hall–Kier alpha value is -1.96. The maximum atomic E-state index is 12.8. The number of fused-ring (bicyclic) bond motifs is 4. The Morgan fingerprint density at radius 2 is 1.86 bits per heavy atom. The number of halogens is 1. The van der Waals surface area contributed by atoms with Gasteiger partial charge in [-0.25, -0.2) is 9.78 Å². The number of carbonyl (C=O) groups excluding carboxylic acids is 1. The van der Waals surface area contributed by atoms with Gasteiger partial charge in [-0.1, -0.05) is 29.8 Å². The van der Waals surface area contributed by atoms with Crippen LogP contribution in [0.25, 0.3) is 0 Å². The Labute approximate surface area is 224 Å². The van der Waals surface area contributed by atoms with Gasteiger partial charge >= 0.3 is 6.09 Å². The smallest absolute Gasteiger partial charge is 0.410 e. The molecule has 0 aliphatic carbocycles. The lowest BCUT2D eigenvalue weighted by atomic mass is 9.97. The average Bonchev–Trinajstić information content (AvgIpc) is 3.22. The molecule has 0 radical (unpaired) electrons. The lowest BCUT2D eigenvalue weighted by molar-refractivity contribution is -0.0108. The summed E-state index contributed by atoms with van der Waals surface area (Å²) in [5.41, 5.74) is 0.554. The molecule has 2 fully saturated rings. The molecule has 4 heterocycles. The number of anilines is 2. The Balaban J connectivity index is 1.16. The van der Waals surface area contributed by atoms with Crippen molar-refractivity contribution in [1.29, 1.82) is 0 Å². The number of carbonyl (C=O) groups is 1. The van der Waals surface area contributed by atoms with Crippen molar-refractivity contribution in [2.75, 3.05) is 31.1 Å². The molecule has 2 aromatic rings. The number of rotatable bonds is 6. The van der Waals surface area contributed by atoms with E-state index >= 15 is 0 Å². The van der Waals surface area contributed by atoms with Crippen LogP contribution in [0.4, 0.5) is 16.3 Å². The Morgan fingerprint density at radius 3 is 2.58 bits per heavy atom. The number of nitrogens with zero attached hydrogens (tertiary/aromatic N) is 4. The van der Waals surface area contributed by atoms with E-state index in [0.29, 0.717) is 0 Å². The quantitative estimate of drug-likeness (QED) is 0.377. The van der Waals surface area contributed by atoms with Gasteiger partial charge in [0, 0.05) is 41.3 Å². The fourth-order valence-electron chi connectivity index (χ4n) is 6.07. The first-order valence-electron chi connectivity index (χ1n) is 12.9. The summed E-state index contributed by atoms with van der Waals surface area (Å²) < 4.78 is 5.70. The number of hydrogen-bond acceptors (Lipinski definition) is 6. The summed E-state index contributed by atoms with van der Waals surface area (Å²) in [5.74, 6) is 1.02. The van der Waals surface area contributed by atoms with E-state index in [1.807, 2.05) is 44.0 Å². The van der Waals surface area contributed by atoms with Gasteiger partial charge in [0.15, 0.2) is 0 Å². The maximum Gasteiger partial charge on any atom is 0.410 e. The first kappa shape index (κ1) is 25.7. The SMILES string of the molecule is CC(C)(C)OC(=O)N1C[C@]2(C)C[C@@]1(C)CN2CCCCCN1c2cc(Cl)ccc2Sc2cccnc21. The van der Waals surface area contributed by atoms with E-state index in [-0.39, 0.29) is 17.2 Å². The summed E-state index contributed by atoms with van der Waals surface area (Å²) in [4.78, 5) is 26.8. The minimum Gasteiger partial charge on any atom is -0.444 e. The summed E-state index contributed by atoms with van der Waals surface area (Å²) in [7, 11) is 0. The van der Waals surface area contributed by atoms with Gasteiger partial charge in [0.05, 0.1) is 16.1 Å². The molecular weight excluding hydrogens is 492 g/mol. The van der Waals surface area contributed by atoms with E-state index in [1.165, 1.54) is 9.79 Å². The molecule has 1 aromatic heterocycles. The van der Waals surface area contributed by atoms with Crippen molar-refractivity contribution in [2.45, 2.75) is 86.8 Å². The molecule has 2 bridgehead atoms. The molecule has 0 unspecified atom stereocenters. The molecule has 1 aromatic carbocycles. The van der Waals surface area contributed by atoms with E-state index in [1.54, 1.807) is 11.8 Å². The lowest BCUT2D eigenvalue weighted by Gasteiger charge is -2.43. The summed E-state index contributed by atoms with van der Waals surface area (Å²) in [6, 6.07) is 10.3. The zero-order valence-electron chi connectivity index (χ0n) is 22.0. The molecule has 36 heavy (non-hydrogen) atoms. The molecule has 2 saturated heterocycles. The predicted octanol–water partition coefficient (Wildman–Crippen LogP) is 6.98. The number of unbranched alkanes of at least 4 members (excludes halogenated alkanes) is 2. The van der Waals surface area contributed by atoms with Crippen LogP contribution in [-0.2, 0) is 4.74 Å². The zero-order valence-corrected chi connectivity index (χ0v) is 23.6. The molecule has 194 valence electrons. The van der Waals surface area contributed by atoms with Crippen molar-refractivity contribution in [1.82, 2.24) is 14.8 Å². The van der Waals surface area contributed by atoms with Crippen LogP contribution in [0.3, 0.4) is 0 Å². The highest BCUT2D eigenvalue weighted by atomic mass is 35.5. The van der Waals surface area contributed by atoms with Gasteiger partial charge < -0.3 is 9.64 Å². The second-order valence-electron chi connectivity index (χ2n) is 11.9. The van der Waals surface area contributed by atoms with Crippen LogP contribution >= 0.6 is 23.4 Å². The van der Waals surface area contributed by atoms with Crippen LogP contribution in [-0.4, -0.2) is 63.7 Å². The number of amides is 1. The van der Waals surface area contributed by atoms with Crippen LogP contribution < -0.4 is 4.90 Å². The number of pyridine rings is 1. The van der Waals surface area contributed by atoms with Crippen molar-refractivity contribution < 1.29 is 9.53 Å². The fraction of sp³-hybridized carbons (Fsp3) is 0.571.